The van der Waals surface area contributed by atoms with Crippen molar-refractivity contribution < 1.29 is 5.11 Å². The highest BCUT2D eigenvalue weighted by molar-refractivity contribution is 9.09. The molecule has 0 aromatic rings. The minimum absolute atomic E-state index is 0.212. The van der Waals surface area contributed by atoms with Crippen LogP contribution in [0.4, 0.5) is 0 Å². The zero-order valence-electron chi connectivity index (χ0n) is 6.10. The number of aliphatic hydroxyl groups is 1. The van der Waals surface area contributed by atoms with Crippen molar-refractivity contribution >= 4 is 15.9 Å². The molecular weight excluding hydrogens is 180 g/mol. The van der Waals surface area contributed by atoms with Gasteiger partial charge in [-0.25, -0.2) is 0 Å². The monoisotopic (exact) mass is 194 g/mol. The normalized spacial score (nSPS) is 17.3. The maximum Gasteiger partial charge on any atom is 0.0637 e. The molecule has 0 aromatic carbocycles. The fraction of sp³-hybridized carbons (Fsp3) is 1.00. The molecule has 9 heavy (non-hydrogen) atoms. The maximum absolute atomic E-state index is 9.00. The van der Waals surface area contributed by atoms with E-state index in [4.69, 9.17) is 5.11 Å². The van der Waals surface area contributed by atoms with Gasteiger partial charge in [0, 0.05) is 4.83 Å². The molecule has 0 aliphatic heterocycles. The van der Waals surface area contributed by atoms with Gasteiger partial charge in [-0.2, -0.15) is 0 Å². The number of halogens is 1. The zero-order chi connectivity index (χ0) is 7.28. The lowest BCUT2D eigenvalue weighted by atomic mass is 10.1. The third-order valence-corrected chi connectivity index (χ3v) is 2.58. The van der Waals surface area contributed by atoms with E-state index in [1.807, 2.05) is 6.92 Å². The lowest BCUT2D eigenvalue weighted by molar-refractivity contribution is 0.189. The van der Waals surface area contributed by atoms with Gasteiger partial charge in [0.15, 0.2) is 0 Å². The van der Waals surface area contributed by atoms with Gasteiger partial charge in [-0.3, -0.25) is 0 Å². The summed E-state index contributed by atoms with van der Waals surface area (Å²) in [4.78, 5) is 0.289. The summed E-state index contributed by atoms with van der Waals surface area (Å²) in [6, 6.07) is 0. The summed E-state index contributed by atoms with van der Waals surface area (Å²) in [5, 5.41) is 9.00. The number of aliphatic hydroxyl groups excluding tert-OH is 1. The molecule has 0 fully saturated rings. The summed E-state index contributed by atoms with van der Waals surface area (Å²) in [7, 11) is 0. The molecule has 0 aromatic heterocycles. The van der Waals surface area contributed by atoms with Crippen LogP contribution < -0.4 is 0 Å². The second-order valence-electron chi connectivity index (χ2n) is 2.40. The molecule has 0 aliphatic rings. The fourth-order valence-electron chi connectivity index (χ4n) is 0.640. The number of hydrogen-bond donors (Lipinski definition) is 1. The molecule has 0 saturated carbocycles. The summed E-state index contributed by atoms with van der Waals surface area (Å²) >= 11 is 3.39. The van der Waals surface area contributed by atoms with Crippen LogP contribution >= 0.6 is 15.9 Å². The Balaban J connectivity index is 3.16. The topological polar surface area (TPSA) is 20.2 Å². The predicted octanol–water partition coefficient (Wildman–Crippen LogP) is 2.32. The van der Waals surface area contributed by atoms with Gasteiger partial charge in [-0.05, 0) is 13.3 Å². The highest BCUT2D eigenvalue weighted by Gasteiger charge is 2.08. The number of rotatable bonds is 4. The first-order valence-electron chi connectivity index (χ1n) is 3.50. The van der Waals surface area contributed by atoms with Gasteiger partial charge in [-0.1, -0.05) is 35.7 Å². The van der Waals surface area contributed by atoms with E-state index in [9.17, 15) is 0 Å². The van der Waals surface area contributed by atoms with Crippen molar-refractivity contribution in [2.24, 2.45) is 0 Å². The van der Waals surface area contributed by atoms with E-state index in [2.05, 4.69) is 22.9 Å². The second kappa shape index (κ2) is 5.24. The Kier molecular flexibility index (Phi) is 5.50. The molecule has 2 atom stereocenters. The smallest absolute Gasteiger partial charge is 0.0637 e. The molecule has 0 amide bonds. The van der Waals surface area contributed by atoms with E-state index >= 15 is 0 Å². The third kappa shape index (κ3) is 4.91. The van der Waals surface area contributed by atoms with Crippen molar-refractivity contribution in [3.8, 4) is 0 Å². The van der Waals surface area contributed by atoms with Crippen molar-refractivity contribution in [2.75, 3.05) is 0 Å². The summed E-state index contributed by atoms with van der Waals surface area (Å²) in [5.41, 5.74) is 0. The van der Waals surface area contributed by atoms with Gasteiger partial charge in [-0.15, -0.1) is 0 Å². The van der Waals surface area contributed by atoms with Crippen LogP contribution in [0.5, 0.6) is 0 Å². The van der Waals surface area contributed by atoms with E-state index in [0.29, 0.717) is 0 Å². The quantitative estimate of drug-likeness (QED) is 0.682. The van der Waals surface area contributed by atoms with Crippen LogP contribution in [0.25, 0.3) is 0 Å². The average molecular weight is 195 g/mol. The van der Waals surface area contributed by atoms with E-state index in [1.165, 1.54) is 12.8 Å². The van der Waals surface area contributed by atoms with Gasteiger partial charge in [0.2, 0.25) is 0 Å². The summed E-state index contributed by atoms with van der Waals surface area (Å²) in [6.07, 6.45) is 3.26. The third-order valence-electron chi connectivity index (χ3n) is 1.36. The maximum atomic E-state index is 9.00. The van der Waals surface area contributed by atoms with Crippen LogP contribution in [0.1, 0.15) is 33.1 Å². The Morgan fingerprint density at radius 1 is 1.56 bits per heavy atom. The molecule has 0 heterocycles. The molecule has 2 unspecified atom stereocenters. The summed E-state index contributed by atoms with van der Waals surface area (Å²) < 4.78 is 0. The van der Waals surface area contributed by atoms with E-state index in [0.717, 1.165) is 6.42 Å². The second-order valence-corrected chi connectivity index (χ2v) is 3.57. The van der Waals surface area contributed by atoms with Gasteiger partial charge >= 0.3 is 0 Å². The molecule has 0 bridgehead atoms. The first-order valence-corrected chi connectivity index (χ1v) is 4.42. The average Bonchev–Trinajstić information content (AvgIpc) is 1.82. The SMILES string of the molecule is CCCCC(Br)C(C)O. The van der Waals surface area contributed by atoms with Gasteiger partial charge in [0.05, 0.1) is 6.10 Å². The van der Waals surface area contributed by atoms with Crippen LogP contribution in [0.15, 0.2) is 0 Å². The molecule has 0 saturated heterocycles. The highest BCUT2D eigenvalue weighted by atomic mass is 79.9. The van der Waals surface area contributed by atoms with Crippen molar-refractivity contribution in [1.29, 1.82) is 0 Å². The first-order chi connectivity index (χ1) is 4.18. The number of hydrogen-bond acceptors (Lipinski definition) is 1. The van der Waals surface area contributed by atoms with Gasteiger partial charge < -0.3 is 5.11 Å². The van der Waals surface area contributed by atoms with E-state index in [1.54, 1.807) is 0 Å². The highest BCUT2D eigenvalue weighted by Crippen LogP contribution is 2.13. The molecule has 1 nitrogen and oxygen atoms in total. The molecular formula is C7H15BrO. The van der Waals surface area contributed by atoms with Crippen molar-refractivity contribution in [2.45, 2.75) is 44.0 Å². The molecule has 2 heteroatoms. The summed E-state index contributed by atoms with van der Waals surface area (Å²) in [5.74, 6) is 0. The largest absolute Gasteiger partial charge is 0.392 e. The lowest BCUT2D eigenvalue weighted by Crippen LogP contribution is -2.15. The fourth-order valence-corrected chi connectivity index (χ4v) is 0.964. The van der Waals surface area contributed by atoms with Crippen LogP contribution in [-0.2, 0) is 0 Å². The predicted molar refractivity (Wildman–Crippen MR) is 43.9 cm³/mol. The molecule has 0 aliphatic carbocycles. The molecule has 0 rings (SSSR count). The van der Waals surface area contributed by atoms with Crippen LogP contribution in [0, 0.1) is 0 Å². The van der Waals surface area contributed by atoms with Crippen molar-refractivity contribution in [3.63, 3.8) is 0 Å². The Hall–Kier alpha value is 0.440. The van der Waals surface area contributed by atoms with Crippen molar-refractivity contribution in [1.82, 2.24) is 0 Å². The zero-order valence-corrected chi connectivity index (χ0v) is 7.69. The van der Waals surface area contributed by atoms with Crippen LogP contribution in [0.2, 0.25) is 0 Å². The molecule has 56 valence electrons. The summed E-state index contributed by atoms with van der Waals surface area (Å²) in [6.45, 7) is 3.97. The van der Waals surface area contributed by atoms with Gasteiger partial charge in [0.1, 0.15) is 0 Å². The minimum atomic E-state index is -0.212. The lowest BCUT2D eigenvalue weighted by Gasteiger charge is -2.10. The van der Waals surface area contributed by atoms with E-state index in [-0.39, 0.29) is 10.9 Å². The van der Waals surface area contributed by atoms with Gasteiger partial charge in [0.25, 0.3) is 0 Å². The minimum Gasteiger partial charge on any atom is -0.392 e. The molecule has 0 spiro atoms. The van der Waals surface area contributed by atoms with Crippen molar-refractivity contribution in [3.05, 3.63) is 0 Å². The van der Waals surface area contributed by atoms with E-state index < -0.39 is 0 Å². The standard InChI is InChI=1S/C7H15BrO/c1-3-4-5-7(8)6(2)9/h6-7,9H,3-5H2,1-2H3. The van der Waals surface area contributed by atoms with Crippen LogP contribution in [0.3, 0.4) is 0 Å². The van der Waals surface area contributed by atoms with Crippen LogP contribution in [-0.4, -0.2) is 16.0 Å². The first kappa shape index (κ1) is 9.44. The molecule has 1 N–H and O–H groups in total. The molecule has 0 radical (unpaired) electrons. The Morgan fingerprint density at radius 2 is 2.11 bits per heavy atom. The number of unbranched alkanes of at least 4 members (excludes halogenated alkanes) is 1. The number of alkyl halides is 1. The Bertz CT molecular complexity index is 63.9. The Morgan fingerprint density at radius 3 is 2.44 bits per heavy atom. The Labute approximate surface area is 65.6 Å².